The smallest absolute Gasteiger partial charge is 0.274 e. The van der Waals surface area contributed by atoms with Crippen molar-refractivity contribution in [2.24, 2.45) is 0 Å². The first-order valence-electron chi connectivity index (χ1n) is 8.03. The molecule has 0 aliphatic carbocycles. The Balaban J connectivity index is 1.77. The van der Waals surface area contributed by atoms with E-state index in [4.69, 9.17) is 0 Å². The largest absolute Gasteiger partial charge is 0.334 e. The molecular weight excluding hydrogens is 264 g/mol. The molecule has 1 aromatic heterocycles. The van der Waals surface area contributed by atoms with Crippen LogP contribution < -0.4 is 5.32 Å². The van der Waals surface area contributed by atoms with Crippen molar-refractivity contribution in [1.29, 1.82) is 0 Å². The van der Waals surface area contributed by atoms with Crippen molar-refractivity contribution < 1.29 is 4.79 Å². The molecule has 0 saturated carbocycles. The summed E-state index contributed by atoms with van der Waals surface area (Å²) in [5, 5.41) is 3.64. The van der Waals surface area contributed by atoms with Crippen molar-refractivity contribution in [3.05, 3.63) is 23.8 Å². The van der Waals surface area contributed by atoms with Crippen LogP contribution in [0.5, 0.6) is 0 Å². The van der Waals surface area contributed by atoms with E-state index in [9.17, 15) is 4.79 Å². The van der Waals surface area contributed by atoms with Gasteiger partial charge in [0.2, 0.25) is 0 Å². The average molecular weight is 288 g/mol. The van der Waals surface area contributed by atoms with Crippen LogP contribution >= 0.6 is 0 Å². The monoisotopic (exact) mass is 288 g/mol. The molecule has 1 amide bonds. The molecule has 1 aromatic rings. The number of carbonyl (C=O) groups is 1. The first-order chi connectivity index (χ1) is 10.2. The number of nitrogens with one attached hydrogen (secondary N) is 1. The lowest BCUT2D eigenvalue weighted by Gasteiger charge is -2.37. The van der Waals surface area contributed by atoms with Crippen molar-refractivity contribution in [1.82, 2.24) is 20.2 Å². The summed E-state index contributed by atoms with van der Waals surface area (Å²) < 4.78 is 0. The standard InChI is InChI=1S/C16H24N4O/c1-3-6-20(14-7-12-4-5-13(8-14)19-12)16(21)15-10-17-11(2)9-18-15/h9-10,12-14,19H,3-8H2,1-2H3. The van der Waals surface area contributed by atoms with Gasteiger partial charge in [0.1, 0.15) is 5.69 Å². The van der Waals surface area contributed by atoms with Gasteiger partial charge in [0, 0.05) is 30.9 Å². The third-order valence-electron chi connectivity index (χ3n) is 4.61. The van der Waals surface area contributed by atoms with E-state index < -0.39 is 0 Å². The van der Waals surface area contributed by atoms with Gasteiger partial charge < -0.3 is 10.2 Å². The predicted molar refractivity (Wildman–Crippen MR) is 81.1 cm³/mol. The molecule has 2 aliphatic rings. The second kappa shape index (κ2) is 6.10. The van der Waals surface area contributed by atoms with Gasteiger partial charge in [0.15, 0.2) is 0 Å². The minimum absolute atomic E-state index is 0.0376. The van der Waals surface area contributed by atoms with Gasteiger partial charge in [-0.3, -0.25) is 9.78 Å². The number of amides is 1. The number of nitrogens with zero attached hydrogens (tertiary/aromatic N) is 3. The quantitative estimate of drug-likeness (QED) is 0.919. The van der Waals surface area contributed by atoms with Crippen LogP contribution in [0.2, 0.25) is 0 Å². The molecule has 2 unspecified atom stereocenters. The second-order valence-electron chi connectivity index (χ2n) is 6.30. The van der Waals surface area contributed by atoms with Crippen LogP contribution in [-0.2, 0) is 0 Å². The second-order valence-corrected chi connectivity index (χ2v) is 6.30. The zero-order valence-electron chi connectivity index (χ0n) is 12.9. The summed E-state index contributed by atoms with van der Waals surface area (Å²) in [4.78, 5) is 23.3. The average Bonchev–Trinajstić information content (AvgIpc) is 2.83. The Morgan fingerprint density at radius 1 is 1.29 bits per heavy atom. The summed E-state index contributed by atoms with van der Waals surface area (Å²) in [5.41, 5.74) is 1.31. The lowest BCUT2D eigenvalue weighted by atomic mass is 9.97. The first kappa shape index (κ1) is 14.4. The number of aromatic nitrogens is 2. The molecule has 21 heavy (non-hydrogen) atoms. The molecular formula is C16H24N4O. The van der Waals surface area contributed by atoms with E-state index >= 15 is 0 Å². The Morgan fingerprint density at radius 2 is 2.00 bits per heavy atom. The lowest BCUT2D eigenvalue weighted by Crippen LogP contribution is -2.50. The van der Waals surface area contributed by atoms with Crippen LogP contribution in [-0.4, -0.2) is 45.4 Å². The number of aryl methyl sites for hydroxylation is 1. The first-order valence-corrected chi connectivity index (χ1v) is 8.03. The van der Waals surface area contributed by atoms with Crippen LogP contribution in [0.3, 0.4) is 0 Å². The summed E-state index contributed by atoms with van der Waals surface area (Å²) in [6.07, 6.45) is 8.90. The molecule has 3 heterocycles. The van der Waals surface area contributed by atoms with Crippen molar-refractivity contribution in [2.45, 2.75) is 64.1 Å². The van der Waals surface area contributed by atoms with E-state index in [0.29, 0.717) is 23.8 Å². The Labute approximate surface area is 126 Å². The van der Waals surface area contributed by atoms with Crippen LogP contribution in [0.4, 0.5) is 0 Å². The summed E-state index contributed by atoms with van der Waals surface area (Å²) in [5.74, 6) is 0.0376. The van der Waals surface area contributed by atoms with Gasteiger partial charge in [-0.05, 0) is 39.0 Å². The highest BCUT2D eigenvalue weighted by Gasteiger charge is 2.37. The SMILES string of the molecule is CCCN(C(=O)c1cnc(C)cn1)C1CC2CCC(C1)N2. The zero-order chi connectivity index (χ0) is 14.8. The van der Waals surface area contributed by atoms with Crippen LogP contribution in [0.25, 0.3) is 0 Å². The molecule has 0 spiro atoms. The maximum absolute atomic E-state index is 12.8. The molecule has 5 nitrogen and oxygen atoms in total. The maximum Gasteiger partial charge on any atom is 0.274 e. The summed E-state index contributed by atoms with van der Waals surface area (Å²) in [6.45, 7) is 4.81. The number of hydrogen-bond donors (Lipinski definition) is 1. The van der Waals surface area contributed by atoms with E-state index in [1.165, 1.54) is 12.8 Å². The molecule has 0 aromatic carbocycles. The third kappa shape index (κ3) is 3.07. The van der Waals surface area contributed by atoms with Crippen molar-refractivity contribution in [3.63, 3.8) is 0 Å². The zero-order valence-corrected chi connectivity index (χ0v) is 12.9. The molecule has 2 fully saturated rings. The van der Waals surface area contributed by atoms with Gasteiger partial charge in [0.25, 0.3) is 5.91 Å². The van der Waals surface area contributed by atoms with E-state index in [0.717, 1.165) is 31.5 Å². The molecule has 3 rings (SSSR count). The van der Waals surface area contributed by atoms with Gasteiger partial charge in [-0.2, -0.15) is 0 Å². The third-order valence-corrected chi connectivity index (χ3v) is 4.61. The number of rotatable bonds is 4. The Bertz CT molecular complexity index is 490. The molecule has 2 atom stereocenters. The van der Waals surface area contributed by atoms with Gasteiger partial charge in [-0.15, -0.1) is 0 Å². The lowest BCUT2D eigenvalue weighted by molar-refractivity contribution is 0.0610. The van der Waals surface area contributed by atoms with Gasteiger partial charge in [-0.25, -0.2) is 4.98 Å². The summed E-state index contributed by atoms with van der Waals surface area (Å²) >= 11 is 0. The normalized spacial score (nSPS) is 27.6. The fourth-order valence-corrected chi connectivity index (χ4v) is 3.62. The number of fused-ring (bicyclic) bond motifs is 2. The molecule has 114 valence electrons. The highest BCUT2D eigenvalue weighted by molar-refractivity contribution is 5.92. The minimum Gasteiger partial charge on any atom is -0.334 e. The van der Waals surface area contributed by atoms with E-state index in [1.807, 2.05) is 11.8 Å². The highest BCUT2D eigenvalue weighted by atomic mass is 16.2. The van der Waals surface area contributed by atoms with Crippen molar-refractivity contribution in [3.8, 4) is 0 Å². The Hall–Kier alpha value is -1.49. The molecule has 0 radical (unpaired) electrons. The van der Waals surface area contributed by atoms with Gasteiger partial charge in [0.05, 0.1) is 11.9 Å². The number of piperidine rings is 1. The number of carbonyl (C=O) groups excluding carboxylic acids is 1. The fourth-order valence-electron chi connectivity index (χ4n) is 3.62. The van der Waals surface area contributed by atoms with E-state index in [1.54, 1.807) is 12.4 Å². The summed E-state index contributed by atoms with van der Waals surface area (Å²) in [7, 11) is 0. The maximum atomic E-state index is 12.8. The van der Waals surface area contributed by atoms with Crippen LogP contribution in [0.1, 0.15) is 55.2 Å². The van der Waals surface area contributed by atoms with E-state index in [-0.39, 0.29) is 5.91 Å². The van der Waals surface area contributed by atoms with Crippen molar-refractivity contribution >= 4 is 5.91 Å². The van der Waals surface area contributed by atoms with E-state index in [2.05, 4.69) is 22.2 Å². The van der Waals surface area contributed by atoms with Crippen LogP contribution in [0, 0.1) is 6.92 Å². The predicted octanol–water partition coefficient (Wildman–Crippen LogP) is 1.92. The Morgan fingerprint density at radius 3 is 2.57 bits per heavy atom. The highest BCUT2D eigenvalue weighted by Crippen LogP contribution is 2.30. The Kier molecular flexibility index (Phi) is 4.19. The van der Waals surface area contributed by atoms with Gasteiger partial charge in [-0.1, -0.05) is 6.92 Å². The fraction of sp³-hybridized carbons (Fsp3) is 0.688. The molecule has 2 saturated heterocycles. The molecule has 2 aliphatic heterocycles. The topological polar surface area (TPSA) is 58.1 Å². The minimum atomic E-state index is 0.0376. The van der Waals surface area contributed by atoms with Crippen LogP contribution in [0.15, 0.2) is 12.4 Å². The molecule has 5 heteroatoms. The molecule has 2 bridgehead atoms. The van der Waals surface area contributed by atoms with Gasteiger partial charge >= 0.3 is 0 Å². The number of hydrogen-bond acceptors (Lipinski definition) is 4. The summed E-state index contributed by atoms with van der Waals surface area (Å²) in [6, 6.07) is 1.52. The van der Waals surface area contributed by atoms with Crippen molar-refractivity contribution in [2.75, 3.05) is 6.54 Å². The molecule has 1 N–H and O–H groups in total.